The van der Waals surface area contributed by atoms with Gasteiger partial charge in [0.05, 0.1) is 5.69 Å². The zero-order valence-electron chi connectivity index (χ0n) is 13.1. The van der Waals surface area contributed by atoms with Gasteiger partial charge in [-0.2, -0.15) is 9.46 Å². The largest absolute Gasteiger partial charge is 0.321 e. The molecular formula is C15H20N4O2S. The van der Waals surface area contributed by atoms with Gasteiger partial charge in [-0.3, -0.25) is 9.48 Å². The van der Waals surface area contributed by atoms with Crippen LogP contribution in [0.25, 0.3) is 0 Å². The van der Waals surface area contributed by atoms with E-state index in [2.05, 4.69) is 14.8 Å². The van der Waals surface area contributed by atoms with E-state index in [4.69, 9.17) is 0 Å². The Morgan fingerprint density at radius 1 is 1.32 bits per heavy atom. The lowest BCUT2D eigenvalue weighted by Gasteiger charge is -2.11. The highest BCUT2D eigenvalue weighted by atomic mass is 32.2. The number of carbonyl (C=O) groups is 1. The number of aromatic nitrogens is 2. The number of nitrogens with zero attached hydrogens (tertiary/aromatic N) is 3. The zero-order chi connectivity index (χ0) is 16.3. The van der Waals surface area contributed by atoms with Gasteiger partial charge >= 0.3 is 0 Å². The lowest BCUT2D eigenvalue weighted by Crippen LogP contribution is -2.18. The van der Waals surface area contributed by atoms with Crippen LogP contribution < -0.4 is 5.32 Å². The van der Waals surface area contributed by atoms with Crippen LogP contribution in [0.4, 0.5) is 11.4 Å². The second-order valence-electron chi connectivity index (χ2n) is 5.53. The first kappa shape index (κ1) is 16.2. The van der Waals surface area contributed by atoms with Crippen LogP contribution in [0.3, 0.4) is 0 Å². The number of carbonyl (C=O) groups excluding carboxylic acids is 1. The van der Waals surface area contributed by atoms with Gasteiger partial charge < -0.3 is 5.32 Å². The Morgan fingerprint density at radius 3 is 2.68 bits per heavy atom. The second-order valence-corrected chi connectivity index (χ2v) is 8.08. The van der Waals surface area contributed by atoms with E-state index < -0.39 is 9.73 Å². The van der Waals surface area contributed by atoms with Crippen molar-refractivity contribution in [2.45, 2.75) is 19.9 Å². The van der Waals surface area contributed by atoms with E-state index in [1.54, 1.807) is 53.7 Å². The normalized spacial score (nSPS) is 11.5. The first-order chi connectivity index (χ1) is 10.3. The van der Waals surface area contributed by atoms with Crippen molar-refractivity contribution in [3.8, 4) is 0 Å². The summed E-state index contributed by atoms with van der Waals surface area (Å²) in [6.45, 7) is 3.92. The molecule has 2 rings (SSSR count). The van der Waals surface area contributed by atoms with Crippen molar-refractivity contribution in [1.82, 2.24) is 9.78 Å². The number of amides is 1. The van der Waals surface area contributed by atoms with E-state index in [-0.39, 0.29) is 11.9 Å². The molecule has 0 aliphatic rings. The third kappa shape index (κ3) is 4.17. The number of benzene rings is 1. The van der Waals surface area contributed by atoms with Crippen LogP contribution in [0.2, 0.25) is 0 Å². The molecule has 2 aromatic rings. The average molecular weight is 320 g/mol. The highest BCUT2D eigenvalue weighted by Crippen LogP contribution is 2.20. The standard InChI is InChI=1S/C15H20N4O2S/c1-11(2)19-14(8-9-16-19)15(20)17-12-6-5-7-13(10-12)18-22(3,4)21/h5-11H,1-4H3,(H,17,20). The molecule has 1 amide bonds. The Balaban J connectivity index is 2.24. The average Bonchev–Trinajstić information content (AvgIpc) is 2.86. The molecule has 1 N–H and O–H groups in total. The van der Waals surface area contributed by atoms with E-state index in [1.165, 1.54) is 0 Å². The van der Waals surface area contributed by atoms with Gasteiger partial charge in [0.15, 0.2) is 0 Å². The Morgan fingerprint density at radius 2 is 2.05 bits per heavy atom. The van der Waals surface area contributed by atoms with E-state index in [0.717, 1.165) is 0 Å². The van der Waals surface area contributed by atoms with Crippen LogP contribution in [0, 0.1) is 0 Å². The minimum absolute atomic E-state index is 0.0990. The molecule has 1 aromatic carbocycles. The van der Waals surface area contributed by atoms with Crippen LogP contribution in [0.15, 0.2) is 40.9 Å². The molecule has 6 nitrogen and oxygen atoms in total. The fourth-order valence-corrected chi connectivity index (χ4v) is 2.62. The molecule has 0 aliphatic heterocycles. The minimum atomic E-state index is -2.24. The number of anilines is 1. The molecule has 0 spiro atoms. The van der Waals surface area contributed by atoms with E-state index in [9.17, 15) is 9.00 Å². The summed E-state index contributed by atoms with van der Waals surface area (Å²) in [6.07, 6.45) is 4.74. The molecule has 0 saturated heterocycles. The third-order valence-corrected chi connectivity index (χ3v) is 3.47. The molecular weight excluding hydrogens is 300 g/mol. The fourth-order valence-electron chi connectivity index (χ4n) is 1.99. The maximum atomic E-state index is 12.3. The van der Waals surface area contributed by atoms with Crippen molar-refractivity contribution in [3.05, 3.63) is 42.2 Å². The fraction of sp³-hybridized carbons (Fsp3) is 0.333. The van der Waals surface area contributed by atoms with Crippen LogP contribution in [-0.2, 0) is 9.73 Å². The second kappa shape index (κ2) is 6.31. The predicted octanol–water partition coefficient (Wildman–Crippen LogP) is 3.08. The van der Waals surface area contributed by atoms with Crippen molar-refractivity contribution in [1.29, 1.82) is 0 Å². The summed E-state index contributed by atoms with van der Waals surface area (Å²) in [6, 6.07) is 8.75. The van der Waals surface area contributed by atoms with Crippen LogP contribution in [0.5, 0.6) is 0 Å². The van der Waals surface area contributed by atoms with Gasteiger partial charge in [-0.15, -0.1) is 0 Å². The zero-order valence-corrected chi connectivity index (χ0v) is 13.9. The highest BCUT2D eigenvalue weighted by Gasteiger charge is 2.14. The highest BCUT2D eigenvalue weighted by molar-refractivity contribution is 7.92. The summed E-state index contributed by atoms with van der Waals surface area (Å²) >= 11 is 0. The van der Waals surface area contributed by atoms with E-state index in [1.807, 2.05) is 13.8 Å². The summed E-state index contributed by atoms with van der Waals surface area (Å²) in [7, 11) is -2.24. The molecule has 1 aromatic heterocycles. The van der Waals surface area contributed by atoms with Gasteiger partial charge in [0.2, 0.25) is 0 Å². The Kier molecular flexibility index (Phi) is 4.65. The van der Waals surface area contributed by atoms with Crippen molar-refractivity contribution in [2.24, 2.45) is 4.36 Å². The minimum Gasteiger partial charge on any atom is -0.321 e. The molecule has 0 bridgehead atoms. The molecule has 0 saturated carbocycles. The van der Waals surface area contributed by atoms with E-state index in [0.29, 0.717) is 17.1 Å². The molecule has 22 heavy (non-hydrogen) atoms. The summed E-state index contributed by atoms with van der Waals surface area (Å²) in [5, 5.41) is 6.96. The first-order valence-electron chi connectivity index (χ1n) is 6.88. The van der Waals surface area contributed by atoms with Crippen molar-refractivity contribution in [2.75, 3.05) is 17.8 Å². The Labute approximate surface area is 130 Å². The number of nitrogens with one attached hydrogen (secondary N) is 1. The van der Waals surface area contributed by atoms with Gasteiger partial charge in [0.25, 0.3) is 5.91 Å². The lowest BCUT2D eigenvalue weighted by atomic mass is 10.2. The molecule has 0 fully saturated rings. The van der Waals surface area contributed by atoms with Gasteiger partial charge in [-0.1, -0.05) is 6.07 Å². The van der Waals surface area contributed by atoms with Gasteiger partial charge in [-0.05, 0) is 38.1 Å². The Hall–Kier alpha value is -2.15. The summed E-state index contributed by atoms with van der Waals surface area (Å²) in [4.78, 5) is 12.3. The molecule has 0 unspecified atom stereocenters. The number of rotatable bonds is 4. The van der Waals surface area contributed by atoms with E-state index >= 15 is 0 Å². The summed E-state index contributed by atoms with van der Waals surface area (Å²) in [5.74, 6) is -0.239. The monoisotopic (exact) mass is 320 g/mol. The number of hydrogen-bond acceptors (Lipinski definition) is 4. The Bertz CT molecular complexity index is 793. The molecule has 0 radical (unpaired) electrons. The lowest BCUT2D eigenvalue weighted by molar-refractivity contribution is 0.101. The molecule has 0 aliphatic carbocycles. The van der Waals surface area contributed by atoms with Gasteiger partial charge in [0, 0.05) is 40.2 Å². The smallest absolute Gasteiger partial charge is 0.273 e. The molecule has 0 atom stereocenters. The van der Waals surface area contributed by atoms with Crippen molar-refractivity contribution >= 4 is 27.0 Å². The quantitative estimate of drug-likeness (QED) is 0.940. The van der Waals surface area contributed by atoms with Gasteiger partial charge in [-0.25, -0.2) is 4.21 Å². The van der Waals surface area contributed by atoms with Crippen LogP contribution in [-0.4, -0.2) is 32.4 Å². The molecule has 7 heteroatoms. The first-order valence-corrected chi connectivity index (χ1v) is 9.21. The predicted molar refractivity (Wildman–Crippen MR) is 89.1 cm³/mol. The van der Waals surface area contributed by atoms with Crippen LogP contribution in [0.1, 0.15) is 30.4 Å². The topological polar surface area (TPSA) is 76.3 Å². The molecule has 1 heterocycles. The van der Waals surface area contributed by atoms with Crippen LogP contribution >= 0.6 is 0 Å². The maximum absolute atomic E-state index is 12.3. The van der Waals surface area contributed by atoms with Crippen molar-refractivity contribution < 1.29 is 9.00 Å². The third-order valence-electron chi connectivity index (χ3n) is 2.82. The molecule has 118 valence electrons. The van der Waals surface area contributed by atoms with Gasteiger partial charge in [0.1, 0.15) is 5.69 Å². The SMILES string of the molecule is CC(C)n1nccc1C(=O)Nc1cccc(N=S(C)(C)=O)c1. The van der Waals surface area contributed by atoms with Crippen molar-refractivity contribution in [3.63, 3.8) is 0 Å². The summed E-state index contributed by atoms with van der Waals surface area (Å²) < 4.78 is 17.5. The summed E-state index contributed by atoms with van der Waals surface area (Å²) in [5.41, 5.74) is 1.67. The number of hydrogen-bond donors (Lipinski definition) is 1. The maximum Gasteiger partial charge on any atom is 0.273 e.